The van der Waals surface area contributed by atoms with Crippen LogP contribution in [0, 0.1) is 0 Å². The van der Waals surface area contributed by atoms with Gasteiger partial charge in [-0.3, -0.25) is 4.72 Å². The van der Waals surface area contributed by atoms with Gasteiger partial charge in [-0.05, 0) is 61.6 Å². The van der Waals surface area contributed by atoms with Gasteiger partial charge in [-0.15, -0.1) is 0 Å². The van der Waals surface area contributed by atoms with Gasteiger partial charge in [-0.25, -0.2) is 13.2 Å². The molecule has 0 radical (unpaired) electrons. The van der Waals surface area contributed by atoms with E-state index in [-0.39, 0.29) is 28.3 Å². The zero-order chi connectivity index (χ0) is 26.7. The number of benzene rings is 3. The highest BCUT2D eigenvalue weighted by molar-refractivity contribution is 7.92. The average molecular weight is 531 g/mol. The first-order valence-corrected chi connectivity index (χ1v) is 14.2. The van der Waals surface area contributed by atoms with Crippen molar-refractivity contribution < 1.29 is 17.9 Å². The zero-order valence-electron chi connectivity index (χ0n) is 21.1. The number of aromatic hydroxyl groups is 1. The number of hydrogen-bond acceptors (Lipinski definition) is 6. The van der Waals surface area contributed by atoms with Crippen molar-refractivity contribution in [3.05, 3.63) is 113 Å². The fraction of sp³-hybridized carbons (Fsp3) is 0.233. The van der Waals surface area contributed by atoms with Crippen LogP contribution in [0.2, 0.25) is 0 Å². The van der Waals surface area contributed by atoms with Crippen molar-refractivity contribution in [2.24, 2.45) is 0 Å². The van der Waals surface area contributed by atoms with Gasteiger partial charge in [-0.2, -0.15) is 0 Å². The molecule has 1 fully saturated rings. The average Bonchev–Trinajstić information content (AvgIpc) is 3.75. The minimum atomic E-state index is -3.78. The van der Waals surface area contributed by atoms with E-state index < -0.39 is 15.6 Å². The molecule has 196 valence electrons. The van der Waals surface area contributed by atoms with Gasteiger partial charge in [0.1, 0.15) is 11.5 Å². The molecular weight excluding hydrogens is 500 g/mol. The smallest absolute Gasteiger partial charge is 0.363 e. The Balaban J connectivity index is 1.46. The first-order valence-electron chi connectivity index (χ1n) is 12.7. The highest BCUT2D eigenvalue weighted by Gasteiger charge is 2.35. The second-order valence-corrected chi connectivity index (χ2v) is 11.2. The normalized spacial score (nSPS) is 14.1. The fourth-order valence-corrected chi connectivity index (χ4v) is 5.72. The number of nitrogens with zero attached hydrogens (tertiary/aromatic N) is 1. The van der Waals surface area contributed by atoms with E-state index in [1.807, 2.05) is 37.3 Å². The molecular formula is C30H30N2O5S. The van der Waals surface area contributed by atoms with Crippen LogP contribution in [0.3, 0.4) is 0 Å². The lowest BCUT2D eigenvalue weighted by Gasteiger charge is -2.25. The van der Waals surface area contributed by atoms with Crippen LogP contribution in [0.5, 0.6) is 5.75 Å². The van der Waals surface area contributed by atoms with E-state index in [0.29, 0.717) is 23.6 Å². The van der Waals surface area contributed by atoms with Gasteiger partial charge >= 0.3 is 5.63 Å². The Morgan fingerprint density at radius 1 is 0.974 bits per heavy atom. The van der Waals surface area contributed by atoms with Crippen LogP contribution in [0.1, 0.15) is 43.4 Å². The van der Waals surface area contributed by atoms with Gasteiger partial charge in [-0.1, -0.05) is 61.5 Å². The van der Waals surface area contributed by atoms with Crippen LogP contribution in [0.4, 0.5) is 17.1 Å². The van der Waals surface area contributed by atoms with E-state index >= 15 is 0 Å². The molecule has 5 rings (SSSR count). The Hall–Kier alpha value is -4.04. The van der Waals surface area contributed by atoms with Crippen molar-refractivity contribution >= 4 is 27.1 Å². The van der Waals surface area contributed by atoms with Crippen molar-refractivity contribution in [1.29, 1.82) is 0 Å². The summed E-state index contributed by atoms with van der Waals surface area (Å²) in [5, 5.41) is 11.1. The maximum atomic E-state index is 13.3. The second-order valence-electron chi connectivity index (χ2n) is 9.54. The molecule has 1 saturated carbocycles. The van der Waals surface area contributed by atoms with Crippen molar-refractivity contribution in [3.8, 4) is 5.75 Å². The summed E-state index contributed by atoms with van der Waals surface area (Å²) in [6.07, 6.45) is 3.11. The lowest BCUT2D eigenvalue weighted by Crippen LogP contribution is -2.26. The molecule has 0 aliphatic heterocycles. The summed E-state index contributed by atoms with van der Waals surface area (Å²) in [5.74, 6) is 0.239. The van der Waals surface area contributed by atoms with Gasteiger partial charge < -0.3 is 14.4 Å². The summed E-state index contributed by atoms with van der Waals surface area (Å²) in [6, 6.07) is 26.4. The summed E-state index contributed by atoms with van der Waals surface area (Å²) >= 11 is 0. The molecule has 1 aliphatic rings. The quantitative estimate of drug-likeness (QED) is 0.254. The number of nitrogens with one attached hydrogen (secondary N) is 1. The topological polar surface area (TPSA) is 99.9 Å². The Morgan fingerprint density at radius 2 is 1.66 bits per heavy atom. The number of rotatable bonds is 10. The monoisotopic (exact) mass is 530 g/mol. The minimum absolute atomic E-state index is 0.00178. The molecule has 0 saturated heterocycles. The Morgan fingerprint density at radius 3 is 2.29 bits per heavy atom. The van der Waals surface area contributed by atoms with Gasteiger partial charge in [0, 0.05) is 23.7 Å². The highest BCUT2D eigenvalue weighted by atomic mass is 32.2. The molecule has 8 heteroatoms. The number of sulfonamides is 1. The third-order valence-electron chi connectivity index (χ3n) is 6.73. The lowest BCUT2D eigenvalue weighted by molar-refractivity contribution is 0.394. The van der Waals surface area contributed by atoms with E-state index in [0.717, 1.165) is 24.8 Å². The van der Waals surface area contributed by atoms with Crippen LogP contribution < -0.4 is 15.2 Å². The van der Waals surface area contributed by atoms with Gasteiger partial charge in [0.15, 0.2) is 5.69 Å². The summed E-state index contributed by atoms with van der Waals surface area (Å²) in [5.41, 5.74) is 1.52. The number of hydrogen-bond donors (Lipinski definition) is 2. The fourth-order valence-electron chi connectivity index (χ4n) is 4.65. The van der Waals surface area contributed by atoms with E-state index in [2.05, 4.69) is 4.72 Å². The summed E-state index contributed by atoms with van der Waals surface area (Å²) in [7, 11) is -3.78. The molecule has 0 amide bonds. The summed E-state index contributed by atoms with van der Waals surface area (Å²) < 4.78 is 34.1. The first-order chi connectivity index (χ1) is 18.4. The maximum absolute atomic E-state index is 13.3. The third-order valence-corrected chi connectivity index (χ3v) is 8.13. The summed E-state index contributed by atoms with van der Waals surface area (Å²) in [4.78, 5) is 15.2. The largest absolute Gasteiger partial charge is 0.505 e. The molecule has 1 atom stereocenters. The van der Waals surface area contributed by atoms with Gasteiger partial charge in [0.25, 0.3) is 10.0 Å². The summed E-state index contributed by atoms with van der Waals surface area (Å²) in [6.45, 7) is 2.02. The first kappa shape index (κ1) is 25.6. The van der Waals surface area contributed by atoms with Crippen LogP contribution >= 0.6 is 0 Å². The van der Waals surface area contributed by atoms with E-state index in [1.165, 1.54) is 12.1 Å². The number of anilines is 3. The van der Waals surface area contributed by atoms with Crippen molar-refractivity contribution in [1.82, 2.24) is 0 Å². The molecule has 2 N–H and O–H groups in total. The van der Waals surface area contributed by atoms with Crippen LogP contribution in [0.25, 0.3) is 0 Å². The molecule has 1 aromatic heterocycles. The van der Waals surface area contributed by atoms with Crippen LogP contribution in [-0.4, -0.2) is 19.6 Å². The predicted octanol–water partition coefficient (Wildman–Crippen LogP) is 6.18. The van der Waals surface area contributed by atoms with Crippen molar-refractivity contribution in [3.63, 3.8) is 0 Å². The van der Waals surface area contributed by atoms with Crippen molar-refractivity contribution in [2.45, 2.75) is 49.5 Å². The Labute approximate surface area is 222 Å². The predicted molar refractivity (Wildman–Crippen MR) is 149 cm³/mol. The molecule has 1 unspecified atom stereocenters. The van der Waals surface area contributed by atoms with Crippen LogP contribution in [-0.2, 0) is 16.4 Å². The molecule has 1 aliphatic carbocycles. The van der Waals surface area contributed by atoms with Gasteiger partial charge in [0.05, 0.1) is 10.6 Å². The second kappa shape index (κ2) is 10.8. The Kier molecular flexibility index (Phi) is 7.24. The third kappa shape index (κ3) is 5.60. The lowest BCUT2D eigenvalue weighted by atomic mass is 9.94. The van der Waals surface area contributed by atoms with E-state index in [9.17, 15) is 18.3 Å². The Bertz CT molecular complexity index is 1570. The highest BCUT2D eigenvalue weighted by Crippen LogP contribution is 2.42. The zero-order valence-corrected chi connectivity index (χ0v) is 21.9. The molecule has 4 aromatic rings. The van der Waals surface area contributed by atoms with Crippen LogP contribution in [0.15, 0.2) is 105 Å². The van der Waals surface area contributed by atoms with E-state index in [1.54, 1.807) is 53.4 Å². The molecule has 0 bridgehead atoms. The van der Waals surface area contributed by atoms with Gasteiger partial charge in [0.2, 0.25) is 0 Å². The maximum Gasteiger partial charge on any atom is 0.363 e. The van der Waals surface area contributed by atoms with Crippen molar-refractivity contribution in [2.75, 3.05) is 9.62 Å². The minimum Gasteiger partial charge on any atom is -0.505 e. The molecule has 0 spiro atoms. The molecule has 1 heterocycles. The van der Waals surface area contributed by atoms with E-state index in [4.69, 9.17) is 4.42 Å². The SMILES string of the molecule is CCC(Cc1ccccc1)c1cc(O)c(N(c2cccc(NS(=O)(=O)c3ccccc3)c2)C2CC2)c(=O)o1. The molecule has 3 aromatic carbocycles. The molecule has 7 nitrogen and oxygen atoms in total. The molecule has 38 heavy (non-hydrogen) atoms. The standard InChI is InChI=1S/C30H30N2O5S/c1-2-22(18-21-10-5-3-6-11-21)28-20-27(33)29(30(34)37-28)32(24-16-17-24)25-13-9-12-23(19-25)31-38(35,36)26-14-7-4-8-15-26/h3-15,19-20,22,24,31,33H,2,16-18H2,1H3.